The molecule has 1 atom stereocenters. The molecule has 0 aliphatic heterocycles. The minimum absolute atomic E-state index is 0.448. The van der Waals surface area contributed by atoms with Crippen LogP contribution < -0.4 is 5.32 Å². The molecule has 1 aromatic rings. The van der Waals surface area contributed by atoms with E-state index in [4.69, 9.17) is 0 Å². The van der Waals surface area contributed by atoms with Gasteiger partial charge in [0.2, 0.25) is 0 Å². The van der Waals surface area contributed by atoms with Gasteiger partial charge in [0.15, 0.2) is 0 Å². The Morgan fingerprint density at radius 1 is 1.27 bits per heavy atom. The highest BCUT2D eigenvalue weighted by molar-refractivity contribution is 9.10. The molecule has 0 saturated heterocycles. The van der Waals surface area contributed by atoms with Crippen molar-refractivity contribution in [3.63, 3.8) is 0 Å². The molecule has 0 spiro atoms. The molecule has 1 aliphatic carbocycles. The first-order valence-electron chi connectivity index (χ1n) is 5.78. The zero-order chi connectivity index (χ0) is 10.7. The van der Waals surface area contributed by atoms with Gasteiger partial charge in [-0.25, -0.2) is 0 Å². The van der Waals surface area contributed by atoms with Gasteiger partial charge in [0.1, 0.15) is 0 Å². The highest BCUT2D eigenvalue weighted by atomic mass is 79.9. The minimum atomic E-state index is 0.448. The van der Waals surface area contributed by atoms with Crippen LogP contribution in [0.25, 0.3) is 0 Å². The Bertz CT molecular complexity index is 318. The quantitative estimate of drug-likeness (QED) is 0.872. The fourth-order valence-corrected chi connectivity index (χ4v) is 2.99. The van der Waals surface area contributed by atoms with E-state index in [0.29, 0.717) is 6.04 Å². The maximum absolute atomic E-state index is 3.71. The van der Waals surface area contributed by atoms with Gasteiger partial charge in [0.05, 0.1) is 0 Å². The van der Waals surface area contributed by atoms with E-state index in [-0.39, 0.29) is 0 Å². The van der Waals surface area contributed by atoms with Crippen molar-refractivity contribution in [1.29, 1.82) is 0 Å². The van der Waals surface area contributed by atoms with Crippen molar-refractivity contribution >= 4 is 15.9 Å². The summed E-state index contributed by atoms with van der Waals surface area (Å²) in [5.74, 6) is 0. The summed E-state index contributed by atoms with van der Waals surface area (Å²) in [5.41, 5.74) is 1.37. The van der Waals surface area contributed by atoms with Crippen LogP contribution in [-0.4, -0.2) is 6.04 Å². The molecular formula is C13H18BrN. The highest BCUT2D eigenvalue weighted by Crippen LogP contribution is 2.26. The van der Waals surface area contributed by atoms with Gasteiger partial charge < -0.3 is 5.32 Å². The van der Waals surface area contributed by atoms with Crippen LogP contribution in [0, 0.1) is 0 Å². The first-order chi connectivity index (χ1) is 7.27. The first kappa shape index (κ1) is 11.2. The standard InChI is InChI=1S/C13H18BrN/c1-10(15-11-6-2-3-7-11)12-8-4-5-9-13(12)14/h4-5,8-11,15H,2-3,6-7H2,1H3/t10-/m1/s1. The molecular weight excluding hydrogens is 250 g/mol. The van der Waals surface area contributed by atoms with Crippen molar-refractivity contribution in [3.8, 4) is 0 Å². The van der Waals surface area contributed by atoms with E-state index >= 15 is 0 Å². The van der Waals surface area contributed by atoms with Crippen molar-refractivity contribution in [3.05, 3.63) is 34.3 Å². The summed E-state index contributed by atoms with van der Waals surface area (Å²) in [6.45, 7) is 2.25. The largest absolute Gasteiger partial charge is 0.307 e. The third kappa shape index (κ3) is 2.82. The monoisotopic (exact) mass is 267 g/mol. The lowest BCUT2D eigenvalue weighted by Crippen LogP contribution is -2.29. The van der Waals surface area contributed by atoms with Crippen LogP contribution in [0.1, 0.15) is 44.2 Å². The molecule has 1 aromatic carbocycles. The Labute approximate surface area is 100 Å². The van der Waals surface area contributed by atoms with Crippen LogP contribution in [-0.2, 0) is 0 Å². The van der Waals surface area contributed by atoms with Crippen molar-refractivity contribution in [2.24, 2.45) is 0 Å². The van der Waals surface area contributed by atoms with E-state index in [0.717, 1.165) is 6.04 Å². The lowest BCUT2D eigenvalue weighted by atomic mass is 10.1. The van der Waals surface area contributed by atoms with E-state index in [1.165, 1.54) is 35.7 Å². The average molecular weight is 268 g/mol. The topological polar surface area (TPSA) is 12.0 Å². The molecule has 0 radical (unpaired) electrons. The molecule has 1 nitrogen and oxygen atoms in total. The fraction of sp³-hybridized carbons (Fsp3) is 0.538. The average Bonchev–Trinajstić information content (AvgIpc) is 2.71. The maximum Gasteiger partial charge on any atom is 0.0305 e. The Hall–Kier alpha value is -0.340. The molecule has 1 saturated carbocycles. The van der Waals surface area contributed by atoms with Crippen molar-refractivity contribution < 1.29 is 0 Å². The second-order valence-corrected chi connectivity index (χ2v) is 5.25. The third-order valence-corrected chi connectivity index (χ3v) is 3.93. The Balaban J connectivity index is 2.00. The van der Waals surface area contributed by atoms with E-state index in [1.807, 2.05) is 0 Å². The molecule has 15 heavy (non-hydrogen) atoms. The van der Waals surface area contributed by atoms with Crippen LogP contribution in [0.4, 0.5) is 0 Å². The molecule has 1 fully saturated rings. The number of nitrogens with one attached hydrogen (secondary N) is 1. The van der Waals surface area contributed by atoms with E-state index in [9.17, 15) is 0 Å². The summed E-state index contributed by atoms with van der Waals surface area (Å²) in [6, 6.07) is 9.65. The van der Waals surface area contributed by atoms with Crippen molar-refractivity contribution in [2.75, 3.05) is 0 Å². The van der Waals surface area contributed by atoms with Gasteiger partial charge >= 0.3 is 0 Å². The molecule has 2 rings (SSSR count). The van der Waals surface area contributed by atoms with E-state index in [1.54, 1.807) is 0 Å². The third-order valence-electron chi connectivity index (χ3n) is 3.21. The summed E-state index contributed by atoms with van der Waals surface area (Å²) in [6.07, 6.45) is 5.46. The van der Waals surface area contributed by atoms with Gasteiger partial charge in [-0.3, -0.25) is 0 Å². The van der Waals surface area contributed by atoms with Gasteiger partial charge in [0, 0.05) is 16.6 Å². The molecule has 0 unspecified atom stereocenters. The molecule has 1 N–H and O–H groups in total. The Kier molecular flexibility index (Phi) is 3.81. The predicted molar refractivity (Wildman–Crippen MR) is 67.9 cm³/mol. The Morgan fingerprint density at radius 3 is 2.60 bits per heavy atom. The van der Waals surface area contributed by atoms with Crippen molar-refractivity contribution in [2.45, 2.75) is 44.7 Å². The smallest absolute Gasteiger partial charge is 0.0305 e. The van der Waals surface area contributed by atoms with E-state index < -0.39 is 0 Å². The lowest BCUT2D eigenvalue weighted by Gasteiger charge is -2.20. The number of rotatable bonds is 3. The molecule has 82 valence electrons. The van der Waals surface area contributed by atoms with Gasteiger partial charge in [-0.15, -0.1) is 0 Å². The summed E-state index contributed by atoms with van der Waals surface area (Å²) in [4.78, 5) is 0. The zero-order valence-electron chi connectivity index (χ0n) is 9.17. The maximum atomic E-state index is 3.71. The second kappa shape index (κ2) is 5.13. The zero-order valence-corrected chi connectivity index (χ0v) is 10.8. The normalized spacial score (nSPS) is 19.3. The molecule has 2 heteroatoms. The molecule has 0 bridgehead atoms. The van der Waals surface area contributed by atoms with Gasteiger partial charge in [-0.05, 0) is 31.4 Å². The molecule has 0 amide bonds. The number of hydrogen-bond donors (Lipinski definition) is 1. The highest BCUT2D eigenvalue weighted by Gasteiger charge is 2.18. The minimum Gasteiger partial charge on any atom is -0.307 e. The summed E-state index contributed by atoms with van der Waals surface area (Å²) >= 11 is 3.61. The SMILES string of the molecule is C[C@@H](NC1CCCC1)c1ccccc1Br. The lowest BCUT2D eigenvalue weighted by molar-refractivity contribution is 0.460. The molecule has 0 heterocycles. The van der Waals surface area contributed by atoms with Crippen molar-refractivity contribution in [1.82, 2.24) is 5.32 Å². The van der Waals surface area contributed by atoms with Gasteiger partial charge in [-0.2, -0.15) is 0 Å². The van der Waals surface area contributed by atoms with E-state index in [2.05, 4.69) is 52.4 Å². The van der Waals surface area contributed by atoms with Gasteiger partial charge in [0.25, 0.3) is 0 Å². The number of benzene rings is 1. The number of halogens is 1. The summed E-state index contributed by atoms with van der Waals surface area (Å²) < 4.78 is 1.21. The van der Waals surface area contributed by atoms with Crippen LogP contribution in [0.5, 0.6) is 0 Å². The number of hydrogen-bond acceptors (Lipinski definition) is 1. The summed E-state index contributed by atoms with van der Waals surface area (Å²) in [5, 5.41) is 3.71. The van der Waals surface area contributed by atoms with Crippen LogP contribution in [0.15, 0.2) is 28.7 Å². The second-order valence-electron chi connectivity index (χ2n) is 4.39. The van der Waals surface area contributed by atoms with Gasteiger partial charge in [-0.1, -0.05) is 47.0 Å². The molecule has 0 aromatic heterocycles. The Morgan fingerprint density at radius 2 is 1.93 bits per heavy atom. The predicted octanol–water partition coefficient (Wildman–Crippen LogP) is 4.04. The summed E-state index contributed by atoms with van der Waals surface area (Å²) in [7, 11) is 0. The first-order valence-corrected chi connectivity index (χ1v) is 6.57. The van der Waals surface area contributed by atoms with Crippen LogP contribution in [0.3, 0.4) is 0 Å². The fourth-order valence-electron chi connectivity index (χ4n) is 2.36. The van der Waals surface area contributed by atoms with Crippen LogP contribution >= 0.6 is 15.9 Å². The molecule has 1 aliphatic rings. The van der Waals surface area contributed by atoms with Crippen LogP contribution in [0.2, 0.25) is 0 Å².